The normalized spacial score (nSPS) is 12.3. The van der Waals surface area contributed by atoms with Crippen LogP contribution in [0.1, 0.15) is 5.69 Å². The number of allylic oxidation sites excluding steroid dienone is 1. The number of alkyl halides is 3. The number of hydrogen-bond acceptors (Lipinski definition) is 7. The van der Waals surface area contributed by atoms with Crippen LogP contribution < -0.4 is 10.6 Å². The van der Waals surface area contributed by atoms with Crippen LogP contribution >= 0.6 is 11.6 Å². The average molecular weight is 501 g/mol. The molecule has 178 valence electrons. The highest BCUT2D eigenvalue weighted by Crippen LogP contribution is 2.32. The van der Waals surface area contributed by atoms with Crippen molar-refractivity contribution in [1.29, 1.82) is 5.41 Å². The molecule has 0 aliphatic rings. The van der Waals surface area contributed by atoms with E-state index in [1.807, 2.05) is 0 Å². The van der Waals surface area contributed by atoms with Gasteiger partial charge in [-0.15, -0.1) is 4.80 Å². The van der Waals surface area contributed by atoms with E-state index in [1.165, 1.54) is 30.7 Å². The Morgan fingerprint density at radius 2 is 1.89 bits per heavy atom. The third-order valence-electron chi connectivity index (χ3n) is 4.76. The van der Waals surface area contributed by atoms with E-state index in [2.05, 4.69) is 30.8 Å². The van der Waals surface area contributed by atoms with Crippen molar-refractivity contribution in [2.45, 2.75) is 13.1 Å². The fourth-order valence-electron chi connectivity index (χ4n) is 3.21. The Balaban J connectivity index is 1.68. The van der Waals surface area contributed by atoms with Gasteiger partial charge in [0.25, 0.3) is 5.91 Å². The van der Waals surface area contributed by atoms with Gasteiger partial charge in [0.15, 0.2) is 5.82 Å². The average Bonchev–Trinajstić information content (AvgIpc) is 3.33. The maximum atomic E-state index is 14.0. The Kier molecular flexibility index (Phi) is 6.47. The number of benzene rings is 1. The van der Waals surface area contributed by atoms with Crippen molar-refractivity contribution in [1.82, 2.24) is 25.0 Å². The number of pyridine rings is 2. The number of carbonyl (C=O) groups excluding carboxylic acids is 1. The van der Waals surface area contributed by atoms with Crippen LogP contribution in [0.3, 0.4) is 0 Å². The first kappa shape index (κ1) is 23.8. The second-order valence-electron chi connectivity index (χ2n) is 7.18. The lowest BCUT2D eigenvalue weighted by molar-refractivity contribution is -0.114. The summed E-state index contributed by atoms with van der Waals surface area (Å²) in [5, 5.41) is 20.4. The summed E-state index contributed by atoms with van der Waals surface area (Å²) in [6.07, 6.45) is -0.642. The second-order valence-corrected chi connectivity index (χ2v) is 7.59. The molecule has 0 saturated carbocycles. The zero-order valence-corrected chi connectivity index (χ0v) is 18.7. The zero-order valence-electron chi connectivity index (χ0n) is 17.9. The predicted octanol–water partition coefficient (Wildman–Crippen LogP) is 4.69. The van der Waals surface area contributed by atoms with E-state index < -0.39 is 23.4 Å². The molecule has 0 radical (unpaired) electrons. The highest BCUT2D eigenvalue weighted by molar-refractivity contribution is 6.32. The lowest BCUT2D eigenvalue weighted by atomic mass is 10.1. The Morgan fingerprint density at radius 3 is 2.54 bits per heavy atom. The van der Waals surface area contributed by atoms with Gasteiger partial charge in [-0.3, -0.25) is 9.78 Å². The number of nitrogens with one attached hydrogen (secondary N) is 3. The van der Waals surface area contributed by atoms with Gasteiger partial charge in [-0.05, 0) is 37.3 Å². The summed E-state index contributed by atoms with van der Waals surface area (Å²) >= 11 is 6.16. The van der Waals surface area contributed by atoms with E-state index in [0.717, 1.165) is 4.80 Å². The zero-order chi connectivity index (χ0) is 25.2. The Bertz CT molecular complexity index is 1450. The number of fused-ring (bicyclic) bond motifs is 1. The molecular formula is C22H16ClF3N8O. The Morgan fingerprint density at radius 1 is 1.14 bits per heavy atom. The summed E-state index contributed by atoms with van der Waals surface area (Å²) in [5.41, 5.74) is -1.08. The molecule has 1 aromatic carbocycles. The van der Waals surface area contributed by atoms with Crippen molar-refractivity contribution in [2.75, 3.05) is 10.6 Å². The van der Waals surface area contributed by atoms with Crippen molar-refractivity contribution in [3.63, 3.8) is 0 Å². The van der Waals surface area contributed by atoms with E-state index in [-0.39, 0.29) is 22.2 Å². The third-order valence-corrected chi connectivity index (χ3v) is 5.04. The summed E-state index contributed by atoms with van der Waals surface area (Å²) in [5.74, 6) is -1.02. The van der Waals surface area contributed by atoms with Crippen molar-refractivity contribution < 1.29 is 18.0 Å². The SMILES string of the molecule is Cc1ccc2c(N/C(=C(\C=N)C(=O)Nc3cnc(-n4nccn4)c(Cl)c3)C(F)(F)F)cccc2n1. The predicted molar refractivity (Wildman–Crippen MR) is 125 cm³/mol. The topological polar surface area (TPSA) is 121 Å². The molecule has 0 aliphatic carbocycles. The maximum Gasteiger partial charge on any atom is 0.432 e. The third kappa shape index (κ3) is 5.11. The second kappa shape index (κ2) is 9.50. The number of amides is 1. The first-order valence-corrected chi connectivity index (χ1v) is 10.3. The van der Waals surface area contributed by atoms with Crippen LogP contribution in [0.5, 0.6) is 0 Å². The van der Waals surface area contributed by atoms with E-state index >= 15 is 0 Å². The van der Waals surface area contributed by atoms with Crippen LogP contribution in [-0.4, -0.2) is 43.3 Å². The van der Waals surface area contributed by atoms with Gasteiger partial charge in [0.05, 0.1) is 40.4 Å². The van der Waals surface area contributed by atoms with Crippen LogP contribution in [-0.2, 0) is 4.79 Å². The smallest absolute Gasteiger partial charge is 0.350 e. The lowest BCUT2D eigenvalue weighted by Crippen LogP contribution is -2.27. The van der Waals surface area contributed by atoms with E-state index in [9.17, 15) is 18.0 Å². The lowest BCUT2D eigenvalue weighted by Gasteiger charge is -2.18. The van der Waals surface area contributed by atoms with Gasteiger partial charge in [0.2, 0.25) is 0 Å². The quantitative estimate of drug-likeness (QED) is 0.261. The van der Waals surface area contributed by atoms with Crippen LogP contribution in [0.15, 0.2) is 66.3 Å². The molecule has 3 N–H and O–H groups in total. The summed E-state index contributed by atoms with van der Waals surface area (Å²) < 4.78 is 42.0. The minimum atomic E-state index is -4.98. The molecule has 0 unspecified atom stereocenters. The number of aromatic nitrogens is 5. The van der Waals surface area contributed by atoms with Gasteiger partial charge < -0.3 is 16.0 Å². The van der Waals surface area contributed by atoms with Crippen molar-refractivity contribution in [2.24, 2.45) is 0 Å². The molecule has 0 fully saturated rings. The molecule has 13 heteroatoms. The van der Waals surface area contributed by atoms with Gasteiger partial charge >= 0.3 is 6.18 Å². The molecule has 3 aromatic heterocycles. The number of rotatable bonds is 6. The number of hydrogen-bond donors (Lipinski definition) is 3. The Hall–Kier alpha value is -4.32. The van der Waals surface area contributed by atoms with Gasteiger partial charge in [0.1, 0.15) is 5.70 Å². The molecule has 0 atom stereocenters. The summed E-state index contributed by atoms with van der Waals surface area (Å²) in [6, 6.07) is 9.20. The maximum absolute atomic E-state index is 14.0. The summed E-state index contributed by atoms with van der Waals surface area (Å²) in [6.45, 7) is 1.76. The van der Waals surface area contributed by atoms with Gasteiger partial charge in [-0.1, -0.05) is 17.7 Å². The number of aryl methyl sites for hydroxylation is 1. The molecule has 4 rings (SSSR count). The molecule has 0 spiro atoms. The summed E-state index contributed by atoms with van der Waals surface area (Å²) in [7, 11) is 0. The van der Waals surface area contributed by atoms with Crippen molar-refractivity contribution in [3.8, 4) is 5.82 Å². The molecule has 9 nitrogen and oxygen atoms in total. The van der Waals surface area contributed by atoms with E-state index in [4.69, 9.17) is 17.0 Å². The minimum Gasteiger partial charge on any atom is -0.350 e. The number of carbonyl (C=O) groups is 1. The van der Waals surface area contributed by atoms with Crippen LogP contribution in [0, 0.1) is 12.3 Å². The molecule has 1 amide bonds. The monoisotopic (exact) mass is 500 g/mol. The van der Waals surface area contributed by atoms with Crippen LogP contribution in [0.4, 0.5) is 24.5 Å². The fraction of sp³-hybridized carbons (Fsp3) is 0.0909. The van der Waals surface area contributed by atoms with Crippen LogP contribution in [0.25, 0.3) is 16.7 Å². The molecule has 3 heterocycles. The number of anilines is 2. The molecule has 0 bridgehead atoms. The van der Waals surface area contributed by atoms with Gasteiger partial charge in [-0.2, -0.15) is 23.4 Å². The van der Waals surface area contributed by atoms with Crippen molar-refractivity contribution in [3.05, 3.63) is 77.0 Å². The molecular weight excluding hydrogens is 485 g/mol. The highest BCUT2D eigenvalue weighted by atomic mass is 35.5. The molecule has 0 aliphatic heterocycles. The largest absolute Gasteiger partial charge is 0.432 e. The summed E-state index contributed by atoms with van der Waals surface area (Å²) in [4.78, 5) is 22.3. The molecule has 0 saturated heterocycles. The fourth-order valence-corrected chi connectivity index (χ4v) is 3.45. The van der Waals surface area contributed by atoms with Gasteiger partial charge in [0, 0.05) is 23.0 Å². The number of nitrogens with zero attached hydrogens (tertiary/aromatic N) is 5. The number of halogens is 4. The highest BCUT2D eigenvalue weighted by Gasteiger charge is 2.38. The van der Waals surface area contributed by atoms with Gasteiger partial charge in [-0.25, -0.2) is 4.98 Å². The first-order chi connectivity index (χ1) is 16.7. The van der Waals surface area contributed by atoms with Crippen LogP contribution in [0.2, 0.25) is 5.02 Å². The molecule has 35 heavy (non-hydrogen) atoms. The standard InChI is InChI=1S/C22H16ClF3N8O/c1-12-5-6-14-17(31-12)3-2-4-18(14)33-19(22(24,25)26)15(10-27)21(35)32-13-9-16(23)20(28-11-13)34-29-7-8-30-34/h2-11,27,33H,1H3,(H,32,35)/b19-15+,27-10?. The van der Waals surface area contributed by atoms with E-state index in [1.54, 1.807) is 31.2 Å². The van der Waals surface area contributed by atoms with E-state index in [0.29, 0.717) is 22.8 Å². The minimum absolute atomic E-state index is 0.0154. The molecule has 4 aromatic rings. The first-order valence-electron chi connectivity index (χ1n) is 9.96. The van der Waals surface area contributed by atoms with Crippen molar-refractivity contribution >= 4 is 46.0 Å². The Labute approximate surface area is 201 Å².